The average molecular weight is 273 g/mol. The zero-order valence-corrected chi connectivity index (χ0v) is 12.2. The van der Waals surface area contributed by atoms with Crippen molar-refractivity contribution in [3.63, 3.8) is 0 Å². The van der Waals surface area contributed by atoms with Crippen LogP contribution in [0, 0.1) is 0 Å². The summed E-state index contributed by atoms with van der Waals surface area (Å²) in [5.41, 5.74) is 10.1. The number of carbonyl (C=O) groups is 2. The van der Waals surface area contributed by atoms with Crippen LogP contribution in [0.2, 0.25) is 0 Å². The lowest BCUT2D eigenvalue weighted by Gasteiger charge is -2.19. The molecule has 2 amide bonds. The molecule has 0 aromatic heterocycles. The van der Waals surface area contributed by atoms with Gasteiger partial charge >= 0.3 is 6.09 Å². The third-order valence-corrected chi connectivity index (χ3v) is 2.48. The number of carbonyl (C=O) groups excluding carboxylic acids is 2. The van der Waals surface area contributed by atoms with Gasteiger partial charge in [0.1, 0.15) is 5.60 Å². The minimum Gasteiger partial charge on any atom is -0.444 e. The second-order valence-corrected chi connectivity index (χ2v) is 5.64. The highest BCUT2D eigenvalue weighted by molar-refractivity contribution is 5.79. The van der Waals surface area contributed by atoms with Gasteiger partial charge in [-0.1, -0.05) is 19.3 Å². The van der Waals surface area contributed by atoms with Crippen LogP contribution in [-0.4, -0.2) is 30.2 Å². The molecule has 112 valence electrons. The van der Waals surface area contributed by atoms with E-state index in [0.717, 1.165) is 25.7 Å². The van der Waals surface area contributed by atoms with E-state index in [4.69, 9.17) is 16.2 Å². The van der Waals surface area contributed by atoms with Gasteiger partial charge in [0.15, 0.2) is 0 Å². The second-order valence-electron chi connectivity index (χ2n) is 5.64. The molecule has 6 nitrogen and oxygen atoms in total. The van der Waals surface area contributed by atoms with E-state index in [1.165, 1.54) is 0 Å². The molecule has 0 spiro atoms. The van der Waals surface area contributed by atoms with Gasteiger partial charge in [0.2, 0.25) is 5.91 Å². The number of alkyl carbamates (subject to hydrolysis) is 1. The molecule has 1 atom stereocenters. The smallest absolute Gasteiger partial charge is 0.407 e. The van der Waals surface area contributed by atoms with E-state index in [1.54, 1.807) is 0 Å². The van der Waals surface area contributed by atoms with Gasteiger partial charge in [0, 0.05) is 6.54 Å². The largest absolute Gasteiger partial charge is 0.444 e. The first-order valence-electron chi connectivity index (χ1n) is 6.74. The average Bonchev–Trinajstić information content (AvgIpc) is 2.24. The van der Waals surface area contributed by atoms with Gasteiger partial charge in [0.25, 0.3) is 0 Å². The number of ether oxygens (including phenoxy) is 1. The van der Waals surface area contributed by atoms with Crippen LogP contribution < -0.4 is 16.8 Å². The molecule has 0 saturated heterocycles. The minimum atomic E-state index is -0.542. The van der Waals surface area contributed by atoms with Crippen molar-refractivity contribution in [1.82, 2.24) is 5.32 Å². The van der Waals surface area contributed by atoms with E-state index >= 15 is 0 Å². The molecule has 0 aliphatic heterocycles. The van der Waals surface area contributed by atoms with Crippen LogP contribution in [0.5, 0.6) is 0 Å². The Morgan fingerprint density at radius 3 is 2.26 bits per heavy atom. The van der Waals surface area contributed by atoms with Crippen LogP contribution in [-0.2, 0) is 9.53 Å². The molecule has 0 saturated carbocycles. The van der Waals surface area contributed by atoms with Crippen molar-refractivity contribution < 1.29 is 14.3 Å². The predicted octanol–water partition coefficient (Wildman–Crippen LogP) is 1.27. The number of hydrogen-bond acceptors (Lipinski definition) is 4. The first-order chi connectivity index (χ1) is 8.72. The lowest BCUT2D eigenvalue weighted by Crippen LogP contribution is -2.36. The third-order valence-electron chi connectivity index (χ3n) is 2.48. The standard InChI is InChI=1S/C13H27N3O3/c1-13(2,3)19-12(18)16-9-7-5-4-6-8-10(14)11(15)17/h10H,4-9,14H2,1-3H3,(H2,15,17)(H,16,18). The molecule has 0 radical (unpaired) electrons. The molecule has 0 heterocycles. The van der Waals surface area contributed by atoms with E-state index in [2.05, 4.69) is 5.32 Å². The maximum atomic E-state index is 11.3. The highest BCUT2D eigenvalue weighted by Gasteiger charge is 2.15. The van der Waals surface area contributed by atoms with Crippen molar-refractivity contribution >= 4 is 12.0 Å². The highest BCUT2D eigenvalue weighted by Crippen LogP contribution is 2.07. The molecule has 0 aromatic rings. The summed E-state index contributed by atoms with van der Waals surface area (Å²) >= 11 is 0. The van der Waals surface area contributed by atoms with Crippen molar-refractivity contribution in [3.05, 3.63) is 0 Å². The zero-order valence-electron chi connectivity index (χ0n) is 12.2. The number of nitrogens with one attached hydrogen (secondary N) is 1. The molecule has 5 N–H and O–H groups in total. The number of primary amides is 1. The van der Waals surface area contributed by atoms with Crippen molar-refractivity contribution in [2.75, 3.05) is 6.54 Å². The number of nitrogens with two attached hydrogens (primary N) is 2. The summed E-state index contributed by atoms with van der Waals surface area (Å²) in [4.78, 5) is 22.0. The Balaban J connectivity index is 3.41. The van der Waals surface area contributed by atoms with E-state index < -0.39 is 17.6 Å². The van der Waals surface area contributed by atoms with Crippen molar-refractivity contribution in [3.8, 4) is 0 Å². The quantitative estimate of drug-likeness (QED) is 0.579. The Morgan fingerprint density at radius 1 is 1.16 bits per heavy atom. The van der Waals surface area contributed by atoms with Crippen LogP contribution in [0.25, 0.3) is 0 Å². The SMILES string of the molecule is CC(C)(C)OC(=O)NCCCCCCC(N)C(N)=O. The maximum absolute atomic E-state index is 11.3. The van der Waals surface area contributed by atoms with Gasteiger partial charge < -0.3 is 21.5 Å². The third kappa shape index (κ3) is 11.5. The summed E-state index contributed by atoms with van der Waals surface area (Å²) in [6.07, 6.45) is 3.93. The molecule has 0 aromatic carbocycles. The summed E-state index contributed by atoms with van der Waals surface area (Å²) in [5, 5.41) is 2.70. The molecular formula is C13H27N3O3. The summed E-state index contributed by atoms with van der Waals surface area (Å²) in [6.45, 7) is 6.08. The predicted molar refractivity (Wildman–Crippen MR) is 74.5 cm³/mol. The Bertz CT molecular complexity index is 287. The van der Waals surface area contributed by atoms with E-state index in [9.17, 15) is 9.59 Å². The Hall–Kier alpha value is -1.30. The molecule has 1 unspecified atom stereocenters. The van der Waals surface area contributed by atoms with Crippen LogP contribution in [0.1, 0.15) is 52.9 Å². The second kappa shape index (κ2) is 8.74. The van der Waals surface area contributed by atoms with Crippen molar-refractivity contribution in [1.29, 1.82) is 0 Å². The van der Waals surface area contributed by atoms with Crippen LogP contribution in [0.3, 0.4) is 0 Å². The minimum absolute atomic E-state index is 0.386. The van der Waals surface area contributed by atoms with E-state index in [0.29, 0.717) is 13.0 Å². The van der Waals surface area contributed by atoms with Gasteiger partial charge in [-0.25, -0.2) is 4.79 Å². The van der Waals surface area contributed by atoms with Gasteiger partial charge in [-0.3, -0.25) is 4.79 Å². The van der Waals surface area contributed by atoms with Crippen LogP contribution >= 0.6 is 0 Å². The number of amides is 2. The van der Waals surface area contributed by atoms with Gasteiger partial charge in [0.05, 0.1) is 6.04 Å². The van der Waals surface area contributed by atoms with Gasteiger partial charge in [-0.15, -0.1) is 0 Å². The fraction of sp³-hybridized carbons (Fsp3) is 0.846. The molecule has 0 bridgehead atoms. The molecule has 19 heavy (non-hydrogen) atoms. The molecule has 0 aliphatic carbocycles. The number of hydrogen-bond donors (Lipinski definition) is 3. The fourth-order valence-corrected chi connectivity index (χ4v) is 1.49. The molecule has 0 fully saturated rings. The topological polar surface area (TPSA) is 107 Å². The molecule has 0 aliphatic rings. The van der Waals surface area contributed by atoms with E-state index in [1.807, 2.05) is 20.8 Å². The monoisotopic (exact) mass is 273 g/mol. The Morgan fingerprint density at radius 2 is 1.74 bits per heavy atom. The Kier molecular flexibility index (Phi) is 8.14. The van der Waals surface area contributed by atoms with Crippen molar-refractivity contribution in [2.24, 2.45) is 11.5 Å². The summed E-state index contributed by atoms with van der Waals surface area (Å²) in [7, 11) is 0. The Labute approximate surface area is 115 Å². The summed E-state index contributed by atoms with van der Waals surface area (Å²) in [6, 6.07) is -0.542. The van der Waals surface area contributed by atoms with Gasteiger partial charge in [-0.05, 0) is 33.6 Å². The number of rotatable bonds is 8. The highest BCUT2D eigenvalue weighted by atomic mass is 16.6. The maximum Gasteiger partial charge on any atom is 0.407 e. The first kappa shape index (κ1) is 17.7. The lowest BCUT2D eigenvalue weighted by molar-refractivity contribution is -0.119. The normalized spacial score (nSPS) is 12.8. The summed E-state index contributed by atoms with van der Waals surface area (Å²) in [5.74, 6) is -0.452. The zero-order chi connectivity index (χ0) is 14.9. The van der Waals surface area contributed by atoms with Crippen LogP contribution in [0.15, 0.2) is 0 Å². The van der Waals surface area contributed by atoms with E-state index in [-0.39, 0.29) is 6.09 Å². The van der Waals surface area contributed by atoms with Gasteiger partial charge in [-0.2, -0.15) is 0 Å². The molecular weight excluding hydrogens is 246 g/mol. The van der Waals surface area contributed by atoms with Crippen molar-refractivity contribution in [2.45, 2.75) is 64.5 Å². The molecule has 0 rings (SSSR count). The summed E-state index contributed by atoms with van der Waals surface area (Å²) < 4.78 is 5.11. The fourth-order valence-electron chi connectivity index (χ4n) is 1.49. The van der Waals surface area contributed by atoms with Crippen LogP contribution in [0.4, 0.5) is 4.79 Å². The first-order valence-corrected chi connectivity index (χ1v) is 6.74. The number of unbranched alkanes of at least 4 members (excludes halogenated alkanes) is 3. The lowest BCUT2D eigenvalue weighted by atomic mass is 10.1. The molecule has 6 heteroatoms.